The summed E-state index contributed by atoms with van der Waals surface area (Å²) in [6.45, 7) is -0.905. The summed E-state index contributed by atoms with van der Waals surface area (Å²) in [7, 11) is 0. The molecule has 0 aliphatic carbocycles. The summed E-state index contributed by atoms with van der Waals surface area (Å²) < 4.78 is 0. The average molecular weight is 149 g/mol. The third-order valence-electron chi connectivity index (χ3n) is 0.576. The third kappa shape index (κ3) is 1.32. The molecule has 5 heteroatoms. The predicted octanol–water partition coefficient (Wildman–Crippen LogP) is 0.0318. The van der Waals surface area contributed by atoms with Crippen LogP contribution in [0.4, 0.5) is 0 Å². The van der Waals surface area contributed by atoms with Crippen LogP contribution in [-0.4, -0.2) is 18.5 Å². The van der Waals surface area contributed by atoms with E-state index in [2.05, 4.69) is 4.98 Å². The predicted molar refractivity (Wildman–Crippen MR) is 33.9 cm³/mol. The van der Waals surface area contributed by atoms with Crippen LogP contribution in [-0.2, 0) is 4.79 Å². The molecule has 0 aromatic carbocycles. The fourth-order valence-corrected chi connectivity index (χ4v) is 3.38. The van der Waals surface area contributed by atoms with Gasteiger partial charge in [-0.25, -0.2) is 0 Å². The van der Waals surface area contributed by atoms with E-state index in [0.29, 0.717) is 5.75 Å². The monoisotopic (exact) mass is 149 g/mol. The van der Waals surface area contributed by atoms with Gasteiger partial charge in [0.2, 0.25) is 5.91 Å². The highest BCUT2D eigenvalue weighted by Crippen LogP contribution is 2.04. The summed E-state index contributed by atoms with van der Waals surface area (Å²) in [5.41, 5.74) is 0. The molecule has 7 heavy (non-hydrogen) atoms. The fourth-order valence-electron chi connectivity index (χ4n) is 0.317. The highest BCUT2D eigenvalue weighted by molar-refractivity contribution is 8.36. The minimum absolute atomic E-state index is 0.105. The van der Waals surface area contributed by atoms with Gasteiger partial charge in [0.05, 0.1) is 5.75 Å². The van der Waals surface area contributed by atoms with Gasteiger partial charge in [0.25, 0.3) is 6.82 Å². The molecule has 1 heterocycles. The van der Waals surface area contributed by atoms with Crippen molar-refractivity contribution >= 4 is 35.6 Å². The Morgan fingerprint density at radius 1 is 2.00 bits per heavy atom. The van der Waals surface area contributed by atoms with Gasteiger partial charge in [-0.15, -0.1) is 11.2 Å². The SMILES string of the molecule is O=C1CS[Si](=S)N1. The van der Waals surface area contributed by atoms with Gasteiger partial charge in [0.15, 0.2) is 0 Å². The summed E-state index contributed by atoms with van der Waals surface area (Å²) in [4.78, 5) is 12.9. The van der Waals surface area contributed by atoms with Gasteiger partial charge in [-0.1, -0.05) is 11.6 Å². The first-order valence-corrected chi connectivity index (χ1v) is 6.10. The van der Waals surface area contributed by atoms with E-state index in [-0.39, 0.29) is 5.91 Å². The maximum atomic E-state index is 10.3. The molecule has 0 aromatic rings. The van der Waals surface area contributed by atoms with Gasteiger partial charge in [-0.2, -0.15) is 0 Å². The van der Waals surface area contributed by atoms with Crippen molar-refractivity contribution in [2.24, 2.45) is 0 Å². The number of carbonyl (C=O) groups excluding carboxylic acids is 1. The smallest absolute Gasteiger partial charge is 0.282 e. The van der Waals surface area contributed by atoms with E-state index in [1.165, 1.54) is 0 Å². The Bertz CT molecular complexity index is 111. The number of rotatable bonds is 0. The molecule has 1 rings (SSSR count). The molecule has 1 N–H and O–H groups in total. The first kappa shape index (κ1) is 5.39. The zero-order chi connectivity index (χ0) is 5.28. The second-order valence-electron chi connectivity index (χ2n) is 1.12. The fraction of sp³-hybridized carbons (Fsp3) is 0.500. The van der Waals surface area contributed by atoms with Crippen LogP contribution in [0, 0.1) is 0 Å². The van der Waals surface area contributed by atoms with E-state index >= 15 is 0 Å². The minimum Gasteiger partial charge on any atom is -0.345 e. The van der Waals surface area contributed by atoms with Gasteiger partial charge in [-0.3, -0.25) is 4.79 Å². The van der Waals surface area contributed by atoms with Crippen LogP contribution in [0.25, 0.3) is 0 Å². The van der Waals surface area contributed by atoms with Crippen LogP contribution in [0.3, 0.4) is 0 Å². The van der Waals surface area contributed by atoms with E-state index in [0.717, 1.165) is 0 Å². The minimum atomic E-state index is -0.905. The van der Waals surface area contributed by atoms with Crippen molar-refractivity contribution in [1.82, 2.24) is 4.98 Å². The maximum Gasteiger partial charge on any atom is 0.282 e. The van der Waals surface area contributed by atoms with Crippen molar-refractivity contribution < 1.29 is 4.79 Å². The summed E-state index contributed by atoms with van der Waals surface area (Å²) >= 11 is 6.37. The van der Waals surface area contributed by atoms with Crippen molar-refractivity contribution in [3.8, 4) is 0 Å². The van der Waals surface area contributed by atoms with Gasteiger partial charge in [0.1, 0.15) is 0 Å². The largest absolute Gasteiger partial charge is 0.345 e. The third-order valence-corrected chi connectivity index (χ3v) is 4.62. The van der Waals surface area contributed by atoms with Crippen molar-refractivity contribution in [3.63, 3.8) is 0 Å². The number of hydrogen-bond acceptors (Lipinski definition) is 3. The molecule has 0 radical (unpaired) electrons. The van der Waals surface area contributed by atoms with E-state index < -0.39 is 6.82 Å². The van der Waals surface area contributed by atoms with Gasteiger partial charge >= 0.3 is 0 Å². The average Bonchev–Trinajstić information content (AvgIpc) is 1.87. The molecule has 1 saturated heterocycles. The van der Waals surface area contributed by atoms with Crippen LogP contribution in [0.15, 0.2) is 0 Å². The Morgan fingerprint density at radius 3 is 2.86 bits per heavy atom. The Labute approximate surface area is 51.5 Å². The molecule has 0 saturated carbocycles. The first-order valence-electron chi connectivity index (χ1n) is 1.75. The lowest BCUT2D eigenvalue weighted by molar-refractivity contribution is -0.116. The second-order valence-corrected chi connectivity index (χ2v) is 6.62. The highest BCUT2D eigenvalue weighted by atomic mass is 32.5. The summed E-state index contributed by atoms with van der Waals surface area (Å²) in [5, 5.41) is 0. The lowest BCUT2D eigenvalue weighted by Gasteiger charge is -1.80. The molecular formula is C2H3NOS2Si. The lowest BCUT2D eigenvalue weighted by atomic mass is 10.8. The lowest BCUT2D eigenvalue weighted by Crippen LogP contribution is -2.19. The van der Waals surface area contributed by atoms with Crippen molar-refractivity contribution in [2.45, 2.75) is 0 Å². The standard InChI is InChI=1S/C2H3NOS2Si/c4-2-1-6-7(5)3-2/h1H2,(H,3,4). The first-order chi connectivity index (χ1) is 3.29. The molecule has 0 unspecified atom stereocenters. The zero-order valence-corrected chi connectivity index (χ0v) is 6.06. The number of hydrogen-bond donors (Lipinski definition) is 1. The molecule has 0 bridgehead atoms. The molecule has 1 fully saturated rings. The summed E-state index contributed by atoms with van der Waals surface area (Å²) in [5.74, 6) is 0.687. The maximum absolute atomic E-state index is 10.3. The quantitative estimate of drug-likeness (QED) is 0.493. The topological polar surface area (TPSA) is 29.1 Å². The van der Waals surface area contributed by atoms with Gasteiger partial charge in [0, 0.05) is 0 Å². The molecule has 0 spiro atoms. The number of amides is 1. The Kier molecular flexibility index (Phi) is 1.56. The zero-order valence-electron chi connectivity index (χ0n) is 3.43. The van der Waals surface area contributed by atoms with Crippen LogP contribution >= 0.6 is 22.8 Å². The van der Waals surface area contributed by atoms with Crippen LogP contribution in [0.5, 0.6) is 0 Å². The van der Waals surface area contributed by atoms with Gasteiger partial charge < -0.3 is 4.98 Å². The van der Waals surface area contributed by atoms with Crippen molar-refractivity contribution in [2.75, 3.05) is 5.75 Å². The van der Waals surface area contributed by atoms with E-state index in [1.807, 2.05) is 0 Å². The molecule has 38 valence electrons. The highest BCUT2D eigenvalue weighted by Gasteiger charge is 2.14. The second kappa shape index (κ2) is 2.02. The van der Waals surface area contributed by atoms with Gasteiger partial charge in [-0.05, 0) is 0 Å². The molecular weight excluding hydrogens is 146 g/mol. The Morgan fingerprint density at radius 2 is 2.71 bits per heavy atom. The Hall–Kier alpha value is 0.257. The van der Waals surface area contributed by atoms with Crippen LogP contribution in [0.1, 0.15) is 0 Å². The number of nitrogens with one attached hydrogen (secondary N) is 1. The van der Waals surface area contributed by atoms with E-state index in [4.69, 9.17) is 11.6 Å². The van der Waals surface area contributed by atoms with Crippen LogP contribution < -0.4 is 4.98 Å². The summed E-state index contributed by atoms with van der Waals surface area (Å²) in [6.07, 6.45) is 0. The van der Waals surface area contributed by atoms with E-state index in [9.17, 15) is 4.79 Å². The number of carbonyl (C=O) groups is 1. The normalized spacial score (nSPS) is 20.0. The molecule has 1 aliphatic rings. The molecule has 0 aromatic heterocycles. The molecule has 2 nitrogen and oxygen atoms in total. The van der Waals surface area contributed by atoms with Crippen molar-refractivity contribution in [3.05, 3.63) is 0 Å². The molecule has 1 aliphatic heterocycles. The molecule has 0 atom stereocenters. The summed E-state index contributed by atoms with van der Waals surface area (Å²) in [6, 6.07) is 0. The van der Waals surface area contributed by atoms with E-state index in [1.54, 1.807) is 11.2 Å². The van der Waals surface area contributed by atoms with Crippen LogP contribution in [0.2, 0.25) is 0 Å². The molecule has 1 amide bonds. The van der Waals surface area contributed by atoms with Crippen molar-refractivity contribution in [1.29, 1.82) is 0 Å². The Balaban J connectivity index is 2.55.